The zero-order valence-corrected chi connectivity index (χ0v) is 11.7. The van der Waals surface area contributed by atoms with E-state index in [0.29, 0.717) is 11.1 Å². The summed E-state index contributed by atoms with van der Waals surface area (Å²) < 4.78 is 0. The third-order valence-corrected chi connectivity index (χ3v) is 3.62. The first-order valence-corrected chi connectivity index (χ1v) is 6.69. The van der Waals surface area contributed by atoms with Gasteiger partial charge in [-0.1, -0.05) is 11.6 Å². The normalized spacial score (nSPS) is 20.7. The average molecular weight is 270 g/mol. The maximum absolute atomic E-state index is 6.01. The first kappa shape index (κ1) is 13.4. The van der Waals surface area contributed by atoms with Crippen LogP contribution in [0.2, 0.25) is 5.15 Å². The van der Waals surface area contributed by atoms with Crippen molar-refractivity contribution in [2.24, 2.45) is 5.92 Å². The standard InChI is InChI=1S/C12H20ClN5/c1-14-10-11(13)16-8-17-12(10)15-6-9-4-3-5-18(2)7-9/h8-9,14H,3-7H2,1-2H3,(H,15,16,17). The molecule has 1 fully saturated rings. The molecule has 5 nitrogen and oxygen atoms in total. The fourth-order valence-corrected chi connectivity index (χ4v) is 2.63. The van der Waals surface area contributed by atoms with E-state index in [1.165, 1.54) is 25.7 Å². The Kier molecular flexibility index (Phi) is 4.60. The van der Waals surface area contributed by atoms with E-state index in [1.807, 2.05) is 7.05 Å². The Balaban J connectivity index is 1.95. The topological polar surface area (TPSA) is 53.1 Å². The summed E-state index contributed by atoms with van der Waals surface area (Å²) in [6.07, 6.45) is 4.02. The molecule has 0 bridgehead atoms. The van der Waals surface area contributed by atoms with Crippen LogP contribution in [-0.4, -0.2) is 48.6 Å². The predicted molar refractivity (Wildman–Crippen MR) is 75.3 cm³/mol. The van der Waals surface area contributed by atoms with E-state index in [2.05, 4.69) is 32.5 Å². The van der Waals surface area contributed by atoms with Crippen molar-refractivity contribution >= 4 is 23.1 Å². The van der Waals surface area contributed by atoms with Gasteiger partial charge in [0, 0.05) is 20.1 Å². The van der Waals surface area contributed by atoms with Crippen molar-refractivity contribution in [2.45, 2.75) is 12.8 Å². The van der Waals surface area contributed by atoms with Gasteiger partial charge in [0.1, 0.15) is 12.0 Å². The lowest BCUT2D eigenvalue weighted by atomic mass is 9.98. The van der Waals surface area contributed by atoms with E-state index in [0.717, 1.165) is 24.6 Å². The van der Waals surface area contributed by atoms with Gasteiger partial charge in [-0.3, -0.25) is 0 Å². The third-order valence-electron chi connectivity index (χ3n) is 3.33. The number of nitrogens with zero attached hydrogens (tertiary/aromatic N) is 3. The zero-order chi connectivity index (χ0) is 13.0. The molecule has 2 heterocycles. The Morgan fingerprint density at radius 2 is 2.33 bits per heavy atom. The second-order valence-electron chi connectivity index (χ2n) is 4.79. The number of nitrogens with one attached hydrogen (secondary N) is 2. The molecule has 2 N–H and O–H groups in total. The molecule has 6 heteroatoms. The van der Waals surface area contributed by atoms with Crippen molar-refractivity contribution in [3.63, 3.8) is 0 Å². The highest BCUT2D eigenvalue weighted by atomic mass is 35.5. The zero-order valence-electron chi connectivity index (χ0n) is 10.9. The van der Waals surface area contributed by atoms with E-state index in [9.17, 15) is 0 Å². The smallest absolute Gasteiger partial charge is 0.157 e. The van der Waals surface area contributed by atoms with Gasteiger partial charge >= 0.3 is 0 Å². The van der Waals surface area contributed by atoms with Gasteiger partial charge in [0.05, 0.1) is 0 Å². The first-order chi connectivity index (χ1) is 8.70. The largest absolute Gasteiger partial charge is 0.383 e. The number of anilines is 2. The van der Waals surface area contributed by atoms with Crippen molar-refractivity contribution in [3.8, 4) is 0 Å². The molecule has 0 aliphatic carbocycles. The number of aromatic nitrogens is 2. The first-order valence-electron chi connectivity index (χ1n) is 6.31. The maximum Gasteiger partial charge on any atom is 0.157 e. The van der Waals surface area contributed by atoms with Crippen LogP contribution in [0.15, 0.2) is 6.33 Å². The summed E-state index contributed by atoms with van der Waals surface area (Å²) in [4.78, 5) is 10.6. The minimum Gasteiger partial charge on any atom is -0.383 e. The number of halogens is 1. The summed E-state index contributed by atoms with van der Waals surface area (Å²) in [6, 6.07) is 0. The van der Waals surface area contributed by atoms with Crippen molar-refractivity contribution in [2.75, 3.05) is 44.4 Å². The van der Waals surface area contributed by atoms with E-state index >= 15 is 0 Å². The molecule has 1 atom stereocenters. The third kappa shape index (κ3) is 3.23. The van der Waals surface area contributed by atoms with Crippen LogP contribution in [0.25, 0.3) is 0 Å². The van der Waals surface area contributed by atoms with Crippen molar-refractivity contribution in [3.05, 3.63) is 11.5 Å². The molecule has 1 unspecified atom stereocenters. The Bertz CT molecular complexity index is 398. The Labute approximate surface area is 113 Å². The number of likely N-dealkylation sites (tertiary alicyclic amines) is 1. The number of piperidine rings is 1. The fraction of sp³-hybridized carbons (Fsp3) is 0.667. The molecule has 1 aliphatic rings. The Morgan fingerprint density at radius 1 is 1.50 bits per heavy atom. The van der Waals surface area contributed by atoms with Gasteiger partial charge in [0.15, 0.2) is 11.0 Å². The minimum atomic E-state index is 0.454. The SMILES string of the molecule is CNc1c(Cl)ncnc1NCC1CCCN(C)C1. The van der Waals surface area contributed by atoms with Gasteiger partial charge in [0.25, 0.3) is 0 Å². The predicted octanol–water partition coefficient (Wildman–Crippen LogP) is 1.93. The second kappa shape index (κ2) is 6.20. The van der Waals surface area contributed by atoms with E-state index < -0.39 is 0 Å². The van der Waals surface area contributed by atoms with E-state index in [-0.39, 0.29) is 0 Å². The highest BCUT2D eigenvalue weighted by Gasteiger charge is 2.17. The summed E-state index contributed by atoms with van der Waals surface area (Å²) in [7, 11) is 4.00. The molecule has 100 valence electrons. The van der Waals surface area contributed by atoms with Crippen LogP contribution in [0.4, 0.5) is 11.5 Å². The van der Waals surface area contributed by atoms with Gasteiger partial charge in [-0.25, -0.2) is 9.97 Å². The van der Waals surface area contributed by atoms with Crippen molar-refractivity contribution in [1.29, 1.82) is 0 Å². The summed E-state index contributed by atoms with van der Waals surface area (Å²) >= 11 is 6.01. The summed E-state index contributed by atoms with van der Waals surface area (Å²) in [5.41, 5.74) is 0.767. The minimum absolute atomic E-state index is 0.454. The van der Waals surface area contributed by atoms with Crippen LogP contribution in [0.1, 0.15) is 12.8 Å². The molecular weight excluding hydrogens is 250 g/mol. The second-order valence-corrected chi connectivity index (χ2v) is 5.15. The van der Waals surface area contributed by atoms with Crippen LogP contribution in [-0.2, 0) is 0 Å². The molecule has 0 radical (unpaired) electrons. The lowest BCUT2D eigenvalue weighted by Crippen LogP contribution is -2.35. The van der Waals surface area contributed by atoms with Gasteiger partial charge < -0.3 is 15.5 Å². The monoisotopic (exact) mass is 269 g/mol. The van der Waals surface area contributed by atoms with Crippen LogP contribution < -0.4 is 10.6 Å². The molecule has 0 amide bonds. The van der Waals surface area contributed by atoms with Gasteiger partial charge in [0.2, 0.25) is 0 Å². The van der Waals surface area contributed by atoms with Crippen molar-refractivity contribution < 1.29 is 0 Å². The Hall–Kier alpha value is -1.07. The molecule has 1 aromatic heterocycles. The van der Waals surface area contributed by atoms with Crippen LogP contribution in [0, 0.1) is 5.92 Å². The summed E-state index contributed by atoms with van der Waals surface area (Å²) in [6.45, 7) is 3.27. The van der Waals surface area contributed by atoms with Crippen LogP contribution in [0.5, 0.6) is 0 Å². The van der Waals surface area contributed by atoms with Crippen LogP contribution in [0.3, 0.4) is 0 Å². The molecular formula is C12H20ClN5. The maximum atomic E-state index is 6.01. The highest BCUT2D eigenvalue weighted by molar-refractivity contribution is 6.32. The van der Waals surface area contributed by atoms with Gasteiger partial charge in [-0.05, 0) is 32.4 Å². The molecule has 1 aliphatic heterocycles. The quantitative estimate of drug-likeness (QED) is 0.818. The summed E-state index contributed by atoms with van der Waals surface area (Å²) in [5, 5.41) is 6.86. The summed E-state index contributed by atoms with van der Waals surface area (Å²) in [5.74, 6) is 1.45. The van der Waals surface area contributed by atoms with Crippen molar-refractivity contribution in [1.82, 2.24) is 14.9 Å². The number of rotatable bonds is 4. The Morgan fingerprint density at radius 3 is 3.06 bits per heavy atom. The molecule has 1 saturated heterocycles. The fourth-order valence-electron chi connectivity index (χ4n) is 2.40. The molecule has 0 aromatic carbocycles. The highest BCUT2D eigenvalue weighted by Crippen LogP contribution is 2.26. The molecule has 0 spiro atoms. The lowest BCUT2D eigenvalue weighted by molar-refractivity contribution is 0.217. The molecule has 1 aromatic rings. The molecule has 2 rings (SSSR count). The number of hydrogen-bond donors (Lipinski definition) is 2. The lowest BCUT2D eigenvalue weighted by Gasteiger charge is -2.30. The van der Waals surface area contributed by atoms with Crippen LogP contribution >= 0.6 is 11.6 Å². The van der Waals surface area contributed by atoms with Gasteiger partial charge in [-0.15, -0.1) is 0 Å². The molecule has 18 heavy (non-hydrogen) atoms. The van der Waals surface area contributed by atoms with E-state index in [1.54, 1.807) is 0 Å². The molecule has 0 saturated carbocycles. The van der Waals surface area contributed by atoms with E-state index in [4.69, 9.17) is 11.6 Å². The van der Waals surface area contributed by atoms with Gasteiger partial charge in [-0.2, -0.15) is 0 Å². The average Bonchev–Trinajstić information content (AvgIpc) is 2.36. The number of hydrogen-bond acceptors (Lipinski definition) is 5.